The van der Waals surface area contributed by atoms with Gasteiger partial charge in [-0.3, -0.25) is 14.5 Å². The molecule has 1 fully saturated rings. The third-order valence-electron chi connectivity index (χ3n) is 5.89. The Labute approximate surface area is 213 Å². The van der Waals surface area contributed by atoms with Crippen molar-refractivity contribution in [1.29, 1.82) is 0 Å². The first-order valence-corrected chi connectivity index (χ1v) is 12.0. The second-order valence-corrected chi connectivity index (χ2v) is 9.30. The van der Waals surface area contributed by atoms with E-state index in [1.807, 2.05) is 12.1 Å². The minimum Gasteiger partial charge on any atom is -0.543 e. The molecule has 0 radical (unpaired) electrons. The summed E-state index contributed by atoms with van der Waals surface area (Å²) in [5.74, 6) is -2.61. The molecule has 2 aliphatic heterocycles. The molecule has 0 aliphatic carbocycles. The number of pyridine rings is 1. The average molecular weight is 525 g/mol. The Hall–Kier alpha value is -4.59. The van der Waals surface area contributed by atoms with Crippen molar-refractivity contribution >= 4 is 52.0 Å². The monoisotopic (exact) mass is 524 g/mol. The summed E-state index contributed by atoms with van der Waals surface area (Å²) in [6.07, 6.45) is 4.38. The predicted octanol–water partition coefficient (Wildman–Crippen LogP) is -1.14. The third kappa shape index (κ3) is 4.31. The molecule has 4 heterocycles. The van der Waals surface area contributed by atoms with Crippen molar-refractivity contribution < 1.29 is 38.4 Å². The van der Waals surface area contributed by atoms with Gasteiger partial charge in [-0.05, 0) is 6.07 Å². The van der Waals surface area contributed by atoms with Crippen molar-refractivity contribution in [2.45, 2.75) is 18.0 Å². The van der Waals surface area contributed by atoms with E-state index >= 15 is 0 Å². The zero-order valence-corrected chi connectivity index (χ0v) is 20.1. The molecule has 14 heteroatoms. The molecule has 2 amide bonds. The number of nitrogen functional groups attached to an aromatic ring is 1. The molecule has 1 aromatic carbocycles. The summed E-state index contributed by atoms with van der Waals surface area (Å²) in [4.78, 5) is 47.6. The normalized spacial score (nSPS) is 19.4. The molecular formula is C23H20N6O7S. The van der Waals surface area contributed by atoms with Crippen molar-refractivity contribution in [3.63, 3.8) is 0 Å². The number of nitrogens with zero attached hydrogens (tertiary/aromatic N) is 4. The van der Waals surface area contributed by atoms with E-state index in [1.54, 1.807) is 22.9 Å². The van der Waals surface area contributed by atoms with Crippen LogP contribution in [0.5, 0.6) is 5.75 Å². The van der Waals surface area contributed by atoms with Crippen LogP contribution in [0.3, 0.4) is 0 Å². The van der Waals surface area contributed by atoms with Gasteiger partial charge in [0.15, 0.2) is 24.2 Å². The van der Waals surface area contributed by atoms with Gasteiger partial charge in [0, 0.05) is 22.1 Å². The number of carbonyl (C=O) groups excluding carboxylic acids is 3. The fraction of sp³-hybridized carbons (Fsp3) is 0.217. The summed E-state index contributed by atoms with van der Waals surface area (Å²) in [7, 11) is 1.23. The van der Waals surface area contributed by atoms with Crippen LogP contribution in [0, 0.1) is 0 Å². The number of anilines is 1. The lowest BCUT2D eigenvalue weighted by molar-refractivity contribution is -0.688. The van der Waals surface area contributed by atoms with Gasteiger partial charge in [0.2, 0.25) is 6.20 Å². The van der Waals surface area contributed by atoms with Crippen LogP contribution < -0.4 is 20.7 Å². The number of nitrogens with two attached hydrogens (primary N) is 1. The van der Waals surface area contributed by atoms with Gasteiger partial charge in [0.05, 0.1) is 11.7 Å². The highest BCUT2D eigenvalue weighted by Gasteiger charge is 2.53. The van der Waals surface area contributed by atoms with Gasteiger partial charge in [-0.15, -0.1) is 11.8 Å². The number of hydrogen-bond acceptors (Lipinski definition) is 11. The van der Waals surface area contributed by atoms with E-state index < -0.39 is 29.2 Å². The maximum Gasteiger partial charge on any atom is 0.292 e. The minimum absolute atomic E-state index is 0.00467. The number of hydrogen-bond donors (Lipinski definition) is 3. The molecule has 0 spiro atoms. The first-order chi connectivity index (χ1) is 17.8. The number of oxazole rings is 1. The van der Waals surface area contributed by atoms with E-state index in [9.17, 15) is 24.6 Å². The Balaban J connectivity index is 1.38. The molecule has 2 atom stereocenters. The van der Waals surface area contributed by atoms with Gasteiger partial charge < -0.3 is 35.3 Å². The molecule has 2 aromatic heterocycles. The van der Waals surface area contributed by atoms with Crippen LogP contribution in [0.2, 0.25) is 0 Å². The molecular weight excluding hydrogens is 504 g/mol. The van der Waals surface area contributed by atoms with Crippen LogP contribution >= 0.6 is 11.8 Å². The Kier molecular flexibility index (Phi) is 6.17. The number of carboxylic acids is 1. The van der Waals surface area contributed by atoms with Crippen molar-refractivity contribution in [2.75, 3.05) is 18.6 Å². The summed E-state index contributed by atoms with van der Waals surface area (Å²) in [6, 6.07) is 6.02. The van der Waals surface area contributed by atoms with Crippen molar-refractivity contribution in [2.24, 2.45) is 5.16 Å². The Morgan fingerprint density at radius 1 is 1.41 bits per heavy atom. The highest BCUT2D eigenvalue weighted by Crippen LogP contribution is 2.40. The molecule has 3 aromatic rings. The molecule has 4 N–H and O–H groups in total. The molecule has 1 saturated heterocycles. The zero-order chi connectivity index (χ0) is 26.3. The number of oxime groups is 1. The maximum absolute atomic E-state index is 13.0. The summed E-state index contributed by atoms with van der Waals surface area (Å²) >= 11 is 1.29. The summed E-state index contributed by atoms with van der Waals surface area (Å²) in [6.45, 7) is 0.112. The van der Waals surface area contributed by atoms with Crippen molar-refractivity contribution in [3.8, 4) is 5.75 Å². The summed E-state index contributed by atoms with van der Waals surface area (Å²) in [5.41, 5.74) is 5.37. The van der Waals surface area contributed by atoms with Crippen LogP contribution in [-0.4, -0.2) is 62.8 Å². The van der Waals surface area contributed by atoms with E-state index in [0.717, 1.165) is 16.5 Å². The number of benzene rings is 1. The lowest BCUT2D eigenvalue weighted by atomic mass is 10.0. The van der Waals surface area contributed by atoms with Gasteiger partial charge in [-0.25, -0.2) is 0 Å². The SMILES string of the molecule is CO/N=C(/C(=O)NC1C(=O)N2C(C(=O)[O-])=C(C[n+]3cc(O)c4ccccc4c3)CSC12)c1coc(N)n1. The van der Waals surface area contributed by atoms with Crippen molar-refractivity contribution in [1.82, 2.24) is 15.2 Å². The summed E-state index contributed by atoms with van der Waals surface area (Å²) < 4.78 is 6.55. The van der Waals surface area contributed by atoms with Crippen LogP contribution in [0.15, 0.2) is 63.8 Å². The first-order valence-electron chi connectivity index (χ1n) is 10.9. The number of thioether (sulfide) groups is 1. The molecule has 13 nitrogen and oxygen atoms in total. The van der Waals surface area contributed by atoms with E-state index in [0.29, 0.717) is 11.0 Å². The van der Waals surface area contributed by atoms with Crippen LogP contribution in [0.4, 0.5) is 6.01 Å². The quantitative estimate of drug-likeness (QED) is 0.147. The van der Waals surface area contributed by atoms with E-state index in [1.165, 1.54) is 25.1 Å². The number of carboxylic acid groups (broad SMARTS) is 1. The van der Waals surface area contributed by atoms with E-state index in [4.69, 9.17) is 15.0 Å². The molecule has 5 rings (SSSR count). The van der Waals surface area contributed by atoms with Crippen molar-refractivity contribution in [3.05, 3.63) is 59.9 Å². The molecule has 0 saturated carbocycles. The number of fused-ring (bicyclic) bond motifs is 2. The number of aliphatic carboxylic acids is 1. The predicted molar refractivity (Wildman–Crippen MR) is 127 cm³/mol. The number of carbonyl (C=O) groups is 3. The smallest absolute Gasteiger partial charge is 0.292 e. The zero-order valence-electron chi connectivity index (χ0n) is 19.3. The van der Waals surface area contributed by atoms with Gasteiger partial charge in [0.1, 0.15) is 30.5 Å². The molecule has 190 valence electrons. The third-order valence-corrected chi connectivity index (χ3v) is 7.23. The molecule has 2 unspecified atom stereocenters. The number of β-lactam (4-membered cyclic amide) rings is 1. The number of rotatable bonds is 7. The fourth-order valence-corrected chi connectivity index (χ4v) is 5.63. The maximum atomic E-state index is 13.0. The molecule has 37 heavy (non-hydrogen) atoms. The van der Waals surface area contributed by atoms with Gasteiger partial charge in [-0.1, -0.05) is 23.4 Å². The van der Waals surface area contributed by atoms with Gasteiger partial charge >= 0.3 is 0 Å². The van der Waals surface area contributed by atoms with Gasteiger partial charge in [0.25, 0.3) is 17.8 Å². The number of aromatic hydroxyl groups is 1. The average Bonchev–Trinajstić information content (AvgIpc) is 3.31. The number of amides is 2. The second-order valence-electron chi connectivity index (χ2n) is 8.20. The Morgan fingerprint density at radius 2 is 2.19 bits per heavy atom. The topological polar surface area (TPSA) is 187 Å². The van der Waals surface area contributed by atoms with Crippen LogP contribution in [0.25, 0.3) is 10.8 Å². The van der Waals surface area contributed by atoms with Gasteiger partial charge in [-0.2, -0.15) is 9.55 Å². The molecule has 0 bridgehead atoms. The summed E-state index contributed by atoms with van der Waals surface area (Å²) in [5, 5.41) is 29.4. The minimum atomic E-state index is -1.51. The second kappa shape index (κ2) is 9.46. The van der Waals surface area contributed by atoms with E-state index in [2.05, 4.69) is 15.5 Å². The largest absolute Gasteiger partial charge is 0.543 e. The highest BCUT2D eigenvalue weighted by molar-refractivity contribution is 8.00. The number of aromatic nitrogens is 2. The standard InChI is InChI=1S/C23H20N6O7S/c1-35-27-16(14-9-36-23(24)25-14)19(31)26-17-20(32)29-18(22(33)34)12(10-37-21(17)29)7-28-6-11-4-2-3-5-13(11)15(30)8-28/h2-6,8-9,17,21H,7,10H2,1H3,(H4-,24,25,26,30,31,33,34)/b27-16+. The Bertz CT molecular complexity index is 1500. The van der Waals surface area contributed by atoms with Crippen LogP contribution in [0.1, 0.15) is 5.69 Å². The Morgan fingerprint density at radius 3 is 2.89 bits per heavy atom. The van der Waals surface area contributed by atoms with E-state index in [-0.39, 0.29) is 41.2 Å². The first kappa shape index (κ1) is 24.1. The molecule has 2 aliphatic rings. The number of nitrogens with one attached hydrogen (secondary N) is 1. The van der Waals surface area contributed by atoms with Crippen LogP contribution in [-0.2, 0) is 25.8 Å². The lowest BCUT2D eigenvalue weighted by Gasteiger charge is -2.50. The lowest BCUT2D eigenvalue weighted by Crippen LogP contribution is -2.71. The fourth-order valence-electron chi connectivity index (χ4n) is 4.29. The highest BCUT2D eigenvalue weighted by atomic mass is 32.2.